The minimum absolute atomic E-state index is 0.220. The van der Waals surface area contributed by atoms with Gasteiger partial charge >= 0.3 is 0 Å². The molecular weight excluding hydrogens is 255 g/mol. The fourth-order valence-corrected chi connectivity index (χ4v) is 2.10. The zero-order valence-electron chi connectivity index (χ0n) is 10.2. The molecule has 0 unspecified atom stereocenters. The molecule has 2 N–H and O–H groups in total. The van der Waals surface area contributed by atoms with Gasteiger partial charge in [0.1, 0.15) is 11.5 Å². The van der Waals surface area contributed by atoms with E-state index >= 15 is 0 Å². The van der Waals surface area contributed by atoms with Crippen molar-refractivity contribution in [2.75, 3.05) is 5.73 Å². The molecule has 5 heteroatoms. The molecule has 0 amide bonds. The molecule has 2 rings (SSSR count). The van der Waals surface area contributed by atoms with Crippen molar-refractivity contribution in [2.45, 2.75) is 20.3 Å². The lowest BCUT2D eigenvalue weighted by Gasteiger charge is -2.07. The SMILES string of the molecule is CC(C)Cc1c(-c2c(F)cccc2Cl)noc1N. The van der Waals surface area contributed by atoms with Gasteiger partial charge in [0.15, 0.2) is 0 Å². The molecule has 18 heavy (non-hydrogen) atoms. The van der Waals surface area contributed by atoms with Gasteiger partial charge in [-0.25, -0.2) is 4.39 Å². The van der Waals surface area contributed by atoms with Crippen molar-refractivity contribution in [3.05, 3.63) is 34.6 Å². The van der Waals surface area contributed by atoms with E-state index in [9.17, 15) is 4.39 Å². The molecule has 1 aromatic carbocycles. The second-order valence-corrected chi connectivity index (χ2v) is 4.98. The van der Waals surface area contributed by atoms with Crippen LogP contribution in [-0.2, 0) is 6.42 Å². The quantitative estimate of drug-likeness (QED) is 0.918. The summed E-state index contributed by atoms with van der Waals surface area (Å²) in [6.07, 6.45) is 0.662. The Hall–Kier alpha value is -1.55. The summed E-state index contributed by atoms with van der Waals surface area (Å²) in [6.45, 7) is 4.08. The van der Waals surface area contributed by atoms with Crippen LogP contribution in [0.1, 0.15) is 19.4 Å². The molecule has 96 valence electrons. The summed E-state index contributed by atoms with van der Waals surface area (Å²) in [5.74, 6) is 0.148. The molecule has 0 saturated carbocycles. The van der Waals surface area contributed by atoms with E-state index in [1.54, 1.807) is 12.1 Å². The minimum atomic E-state index is -0.430. The number of benzene rings is 1. The first-order valence-electron chi connectivity index (χ1n) is 5.69. The largest absolute Gasteiger partial charge is 0.367 e. The number of anilines is 1. The maximum atomic E-state index is 13.9. The van der Waals surface area contributed by atoms with E-state index < -0.39 is 5.82 Å². The van der Waals surface area contributed by atoms with Gasteiger partial charge in [-0.15, -0.1) is 0 Å². The monoisotopic (exact) mass is 268 g/mol. The Labute approximate surface area is 110 Å². The minimum Gasteiger partial charge on any atom is -0.367 e. The number of hydrogen-bond acceptors (Lipinski definition) is 3. The maximum Gasteiger partial charge on any atom is 0.225 e. The van der Waals surface area contributed by atoms with Crippen molar-refractivity contribution >= 4 is 17.5 Å². The summed E-state index contributed by atoms with van der Waals surface area (Å²) in [6, 6.07) is 4.50. The zero-order chi connectivity index (χ0) is 13.3. The number of nitrogen functional groups attached to an aromatic ring is 1. The summed E-state index contributed by atoms with van der Waals surface area (Å²) >= 11 is 6.02. The normalized spacial score (nSPS) is 11.2. The van der Waals surface area contributed by atoms with Crippen LogP contribution in [0.25, 0.3) is 11.3 Å². The molecule has 2 aromatic rings. The van der Waals surface area contributed by atoms with Gasteiger partial charge in [-0.3, -0.25) is 0 Å². The van der Waals surface area contributed by atoms with Gasteiger partial charge in [-0.2, -0.15) is 0 Å². The van der Waals surface area contributed by atoms with Crippen molar-refractivity contribution in [1.82, 2.24) is 5.16 Å². The molecular formula is C13H14ClFN2O. The first-order valence-corrected chi connectivity index (χ1v) is 6.07. The molecule has 3 nitrogen and oxygen atoms in total. The molecule has 0 aliphatic rings. The summed E-state index contributed by atoms with van der Waals surface area (Å²) in [4.78, 5) is 0. The average Bonchev–Trinajstić information content (AvgIpc) is 2.61. The standard InChI is InChI=1S/C13H14ClFN2O/c1-7(2)6-8-12(17-18-13(8)16)11-9(14)4-3-5-10(11)15/h3-5,7H,6,16H2,1-2H3. The highest BCUT2D eigenvalue weighted by atomic mass is 35.5. The van der Waals surface area contributed by atoms with Crippen molar-refractivity contribution in [1.29, 1.82) is 0 Å². The van der Waals surface area contributed by atoms with Crippen molar-refractivity contribution in [3.63, 3.8) is 0 Å². The van der Waals surface area contributed by atoms with E-state index in [-0.39, 0.29) is 11.4 Å². The zero-order valence-corrected chi connectivity index (χ0v) is 11.0. The highest BCUT2D eigenvalue weighted by Crippen LogP contribution is 2.35. The third kappa shape index (κ3) is 2.34. The van der Waals surface area contributed by atoms with Crippen LogP contribution in [0.3, 0.4) is 0 Å². The Morgan fingerprint density at radius 1 is 1.44 bits per heavy atom. The van der Waals surface area contributed by atoms with Gasteiger partial charge < -0.3 is 10.3 Å². The van der Waals surface area contributed by atoms with Gasteiger partial charge in [0.05, 0.1) is 10.6 Å². The number of hydrogen-bond donors (Lipinski definition) is 1. The van der Waals surface area contributed by atoms with Crippen LogP contribution < -0.4 is 5.73 Å². The van der Waals surface area contributed by atoms with E-state index in [1.807, 2.05) is 13.8 Å². The van der Waals surface area contributed by atoms with Crippen molar-refractivity contribution in [2.24, 2.45) is 5.92 Å². The summed E-state index contributed by atoms with van der Waals surface area (Å²) < 4.78 is 18.8. The lowest BCUT2D eigenvalue weighted by Crippen LogP contribution is -1.99. The van der Waals surface area contributed by atoms with E-state index in [2.05, 4.69) is 5.16 Å². The van der Waals surface area contributed by atoms with Gasteiger partial charge in [-0.05, 0) is 24.5 Å². The number of halogens is 2. The highest BCUT2D eigenvalue weighted by Gasteiger charge is 2.21. The van der Waals surface area contributed by atoms with Crippen molar-refractivity contribution in [3.8, 4) is 11.3 Å². The molecule has 0 fully saturated rings. The Balaban J connectivity index is 2.58. The predicted octanol–water partition coefficient (Wildman–Crippen LogP) is 3.91. The smallest absolute Gasteiger partial charge is 0.225 e. The lowest BCUT2D eigenvalue weighted by atomic mass is 9.99. The Bertz CT molecular complexity index is 546. The van der Waals surface area contributed by atoms with Crippen LogP contribution >= 0.6 is 11.6 Å². The summed E-state index contributed by atoms with van der Waals surface area (Å²) in [7, 11) is 0. The number of aromatic nitrogens is 1. The predicted molar refractivity (Wildman–Crippen MR) is 69.9 cm³/mol. The van der Waals surface area contributed by atoms with E-state index in [1.165, 1.54) is 6.07 Å². The summed E-state index contributed by atoms with van der Waals surface area (Å²) in [5, 5.41) is 4.14. The maximum absolute atomic E-state index is 13.9. The fraction of sp³-hybridized carbons (Fsp3) is 0.308. The van der Waals surface area contributed by atoms with Gasteiger partial charge in [-0.1, -0.05) is 36.7 Å². The van der Waals surface area contributed by atoms with Gasteiger partial charge in [0, 0.05) is 5.56 Å². The molecule has 0 bridgehead atoms. The Morgan fingerprint density at radius 3 is 2.78 bits per heavy atom. The number of rotatable bonds is 3. The van der Waals surface area contributed by atoms with E-state index in [4.69, 9.17) is 21.9 Å². The Kier molecular flexibility index (Phi) is 3.57. The number of nitrogens with zero attached hydrogens (tertiary/aromatic N) is 1. The topological polar surface area (TPSA) is 52.0 Å². The van der Waals surface area contributed by atoms with Crippen molar-refractivity contribution < 1.29 is 8.91 Å². The Morgan fingerprint density at radius 2 is 2.17 bits per heavy atom. The van der Waals surface area contributed by atoms with Crippen LogP contribution in [0.4, 0.5) is 10.3 Å². The van der Waals surface area contributed by atoms with E-state index in [0.29, 0.717) is 28.6 Å². The third-order valence-corrected chi connectivity index (χ3v) is 2.95. The molecule has 0 atom stereocenters. The van der Waals surface area contributed by atoms with Crippen LogP contribution in [-0.4, -0.2) is 5.16 Å². The second-order valence-electron chi connectivity index (χ2n) is 4.57. The van der Waals surface area contributed by atoms with Crippen LogP contribution in [0.2, 0.25) is 5.02 Å². The molecule has 0 aliphatic heterocycles. The van der Waals surface area contributed by atoms with Crippen LogP contribution in [0, 0.1) is 11.7 Å². The summed E-state index contributed by atoms with van der Waals surface area (Å²) in [5.41, 5.74) is 7.08. The molecule has 0 saturated heterocycles. The lowest BCUT2D eigenvalue weighted by molar-refractivity contribution is 0.437. The fourth-order valence-electron chi connectivity index (χ4n) is 1.85. The van der Waals surface area contributed by atoms with Crippen LogP contribution in [0.5, 0.6) is 0 Å². The van der Waals surface area contributed by atoms with E-state index in [0.717, 1.165) is 0 Å². The molecule has 0 aliphatic carbocycles. The van der Waals surface area contributed by atoms with Gasteiger partial charge in [0.25, 0.3) is 0 Å². The molecule has 0 radical (unpaired) electrons. The molecule has 1 heterocycles. The first-order chi connectivity index (χ1) is 8.50. The highest BCUT2D eigenvalue weighted by molar-refractivity contribution is 6.33. The average molecular weight is 269 g/mol. The first kappa shape index (κ1) is 12.9. The third-order valence-electron chi connectivity index (χ3n) is 2.63. The molecule has 0 spiro atoms. The van der Waals surface area contributed by atoms with Gasteiger partial charge in [0.2, 0.25) is 5.88 Å². The second kappa shape index (κ2) is 4.98. The van der Waals surface area contributed by atoms with Crippen LogP contribution in [0.15, 0.2) is 22.7 Å². The molecule has 1 aromatic heterocycles. The number of nitrogens with two attached hydrogens (primary N) is 1.